The van der Waals surface area contributed by atoms with E-state index in [1.165, 1.54) is 50.5 Å². The molecule has 1 fully saturated rings. The van der Waals surface area contributed by atoms with Crippen LogP contribution in [0.1, 0.15) is 78.6 Å². The van der Waals surface area contributed by atoms with E-state index < -0.39 is 11.7 Å². The molecule has 1 aliphatic rings. The molecule has 1 atom stereocenters. The summed E-state index contributed by atoms with van der Waals surface area (Å²) >= 11 is 3.49. The van der Waals surface area contributed by atoms with Gasteiger partial charge in [-0.2, -0.15) is 0 Å². The standard InChI is InChI=1S/C21H36BrNO2/c1-5-18(9-7-6-8-14-22)19-12-10-17(11-13-19)15-16(2)21(3,4)25-20(23)24/h16-17,19H,1,6-15H2,2-4H3,(H2,23,24). The molecular formula is C21H36BrNO2. The lowest BCUT2D eigenvalue weighted by Crippen LogP contribution is -2.38. The van der Waals surface area contributed by atoms with Gasteiger partial charge in [0.05, 0.1) is 0 Å². The predicted molar refractivity (Wildman–Crippen MR) is 109 cm³/mol. The summed E-state index contributed by atoms with van der Waals surface area (Å²) in [6.45, 7) is 10.0. The third-order valence-corrected chi connectivity index (χ3v) is 6.44. The quantitative estimate of drug-likeness (QED) is 0.257. The van der Waals surface area contributed by atoms with Crippen molar-refractivity contribution in [3.05, 3.63) is 17.9 Å². The van der Waals surface area contributed by atoms with Crippen molar-refractivity contribution in [2.24, 2.45) is 23.5 Å². The van der Waals surface area contributed by atoms with Crippen molar-refractivity contribution in [2.75, 3.05) is 5.33 Å². The van der Waals surface area contributed by atoms with Crippen LogP contribution in [0.15, 0.2) is 17.9 Å². The first kappa shape index (κ1) is 22.3. The van der Waals surface area contributed by atoms with Gasteiger partial charge in [0.15, 0.2) is 0 Å². The Hall–Kier alpha value is -0.730. The topological polar surface area (TPSA) is 52.3 Å². The molecule has 2 N–H and O–H groups in total. The van der Waals surface area contributed by atoms with Crippen molar-refractivity contribution in [3.8, 4) is 0 Å². The summed E-state index contributed by atoms with van der Waals surface area (Å²) in [6, 6.07) is 0. The van der Waals surface area contributed by atoms with Gasteiger partial charge >= 0.3 is 6.09 Å². The molecule has 0 radical (unpaired) electrons. The number of ether oxygens (including phenoxy) is 1. The highest BCUT2D eigenvalue weighted by molar-refractivity contribution is 9.09. The van der Waals surface area contributed by atoms with E-state index >= 15 is 0 Å². The summed E-state index contributed by atoms with van der Waals surface area (Å²) in [4.78, 5) is 11.1. The average molecular weight is 414 g/mol. The molecule has 0 heterocycles. The molecule has 0 aromatic heterocycles. The zero-order chi connectivity index (χ0) is 18.9. The number of hydrogen-bond acceptors (Lipinski definition) is 2. The van der Waals surface area contributed by atoms with E-state index in [0.717, 1.165) is 18.2 Å². The molecule has 0 spiro atoms. The van der Waals surface area contributed by atoms with Gasteiger partial charge in [-0.15, -0.1) is 5.73 Å². The number of primary amides is 1. The lowest BCUT2D eigenvalue weighted by atomic mass is 9.73. The Morgan fingerprint density at radius 2 is 1.92 bits per heavy atom. The van der Waals surface area contributed by atoms with E-state index in [1.807, 2.05) is 13.8 Å². The van der Waals surface area contributed by atoms with Crippen molar-refractivity contribution in [2.45, 2.75) is 84.2 Å². The largest absolute Gasteiger partial charge is 0.443 e. The van der Waals surface area contributed by atoms with Crippen LogP contribution in [0.5, 0.6) is 0 Å². The van der Waals surface area contributed by atoms with Crippen molar-refractivity contribution in [1.29, 1.82) is 0 Å². The highest BCUT2D eigenvalue weighted by Crippen LogP contribution is 2.39. The minimum Gasteiger partial charge on any atom is -0.443 e. The average Bonchev–Trinajstić information content (AvgIpc) is 2.55. The maximum Gasteiger partial charge on any atom is 0.405 e. The number of carbonyl (C=O) groups is 1. The minimum absolute atomic E-state index is 0.306. The summed E-state index contributed by atoms with van der Waals surface area (Å²) < 4.78 is 5.30. The van der Waals surface area contributed by atoms with Crippen LogP contribution in [0, 0.1) is 17.8 Å². The second kappa shape index (κ2) is 11.1. The second-order valence-electron chi connectivity index (χ2n) is 8.08. The molecule has 0 aliphatic heterocycles. The third kappa shape index (κ3) is 8.00. The van der Waals surface area contributed by atoms with Gasteiger partial charge in [0.2, 0.25) is 0 Å². The Morgan fingerprint density at radius 3 is 2.44 bits per heavy atom. The molecule has 1 amide bonds. The summed E-state index contributed by atoms with van der Waals surface area (Å²) in [5, 5.41) is 1.10. The van der Waals surface area contributed by atoms with Gasteiger partial charge in [-0.1, -0.05) is 35.9 Å². The number of alkyl halides is 1. The van der Waals surface area contributed by atoms with Gasteiger partial charge in [0.25, 0.3) is 0 Å². The number of allylic oxidation sites excluding steroid dienone is 1. The van der Waals surface area contributed by atoms with Crippen molar-refractivity contribution < 1.29 is 9.53 Å². The summed E-state index contributed by atoms with van der Waals surface area (Å²) in [6.07, 6.45) is 10.3. The Balaban J connectivity index is 2.42. The molecule has 3 nitrogen and oxygen atoms in total. The van der Waals surface area contributed by atoms with Crippen LogP contribution in [0.2, 0.25) is 0 Å². The molecule has 25 heavy (non-hydrogen) atoms. The molecule has 1 rings (SSSR count). The Bertz CT molecular complexity index is 461. The van der Waals surface area contributed by atoms with Crippen LogP contribution in [0.4, 0.5) is 4.79 Å². The third-order valence-electron chi connectivity index (χ3n) is 5.88. The maximum absolute atomic E-state index is 11.1. The number of nitrogens with two attached hydrogens (primary N) is 1. The van der Waals surface area contributed by atoms with E-state index in [4.69, 9.17) is 10.5 Å². The fourth-order valence-electron chi connectivity index (χ4n) is 3.91. The number of unbranched alkanes of at least 4 members (excludes halogenated alkanes) is 2. The molecule has 4 heteroatoms. The predicted octanol–water partition coefficient (Wildman–Crippen LogP) is 6.36. The molecule has 1 unspecified atom stereocenters. The smallest absolute Gasteiger partial charge is 0.405 e. The van der Waals surface area contributed by atoms with Crippen LogP contribution < -0.4 is 5.73 Å². The summed E-state index contributed by atoms with van der Waals surface area (Å²) in [5.74, 6) is 1.68. The lowest BCUT2D eigenvalue weighted by Gasteiger charge is -2.36. The molecule has 0 aromatic rings. The fraction of sp³-hybridized carbons (Fsp3) is 0.810. The molecule has 144 valence electrons. The first-order chi connectivity index (χ1) is 11.8. The van der Waals surface area contributed by atoms with Crippen LogP contribution in [0.25, 0.3) is 0 Å². The molecule has 0 saturated heterocycles. The van der Waals surface area contributed by atoms with Crippen molar-refractivity contribution >= 4 is 22.0 Å². The van der Waals surface area contributed by atoms with Gasteiger partial charge in [-0.05, 0) is 88.5 Å². The highest BCUT2D eigenvalue weighted by atomic mass is 79.9. The number of amides is 1. The van der Waals surface area contributed by atoms with E-state index in [-0.39, 0.29) is 0 Å². The number of halogens is 1. The van der Waals surface area contributed by atoms with Gasteiger partial charge < -0.3 is 10.5 Å². The van der Waals surface area contributed by atoms with Gasteiger partial charge in [-0.3, -0.25) is 0 Å². The molecule has 0 aromatic carbocycles. The van der Waals surface area contributed by atoms with Crippen LogP contribution in [-0.2, 0) is 4.74 Å². The SMILES string of the molecule is C=C=C(CCCCCBr)C1CCC(CC(C)C(C)(C)OC(N)=O)CC1. The van der Waals surface area contributed by atoms with Crippen LogP contribution in [0.3, 0.4) is 0 Å². The zero-order valence-corrected chi connectivity index (χ0v) is 17.9. The normalized spacial score (nSPS) is 22.1. The van der Waals surface area contributed by atoms with Gasteiger partial charge in [-0.25, -0.2) is 4.79 Å². The van der Waals surface area contributed by atoms with E-state index in [2.05, 4.69) is 35.2 Å². The van der Waals surface area contributed by atoms with Crippen molar-refractivity contribution in [3.63, 3.8) is 0 Å². The van der Waals surface area contributed by atoms with E-state index in [0.29, 0.717) is 17.8 Å². The van der Waals surface area contributed by atoms with Gasteiger partial charge in [0.1, 0.15) is 5.60 Å². The van der Waals surface area contributed by atoms with E-state index in [1.54, 1.807) is 0 Å². The van der Waals surface area contributed by atoms with Gasteiger partial charge in [0, 0.05) is 5.33 Å². The lowest BCUT2D eigenvalue weighted by molar-refractivity contribution is -0.00559. The van der Waals surface area contributed by atoms with Crippen LogP contribution in [-0.4, -0.2) is 17.0 Å². The first-order valence-electron chi connectivity index (χ1n) is 9.73. The maximum atomic E-state index is 11.1. The van der Waals surface area contributed by atoms with Crippen molar-refractivity contribution in [1.82, 2.24) is 0 Å². The van der Waals surface area contributed by atoms with Crippen LogP contribution >= 0.6 is 15.9 Å². The molecular weight excluding hydrogens is 378 g/mol. The summed E-state index contributed by atoms with van der Waals surface area (Å²) in [5.41, 5.74) is 9.38. The highest BCUT2D eigenvalue weighted by Gasteiger charge is 2.33. The Morgan fingerprint density at radius 1 is 1.28 bits per heavy atom. The summed E-state index contributed by atoms with van der Waals surface area (Å²) in [7, 11) is 0. The monoisotopic (exact) mass is 413 g/mol. The molecule has 0 bridgehead atoms. The number of hydrogen-bond donors (Lipinski definition) is 1. The number of rotatable bonds is 10. The molecule has 1 saturated carbocycles. The zero-order valence-electron chi connectivity index (χ0n) is 16.3. The fourth-order valence-corrected chi connectivity index (χ4v) is 4.31. The first-order valence-corrected chi connectivity index (χ1v) is 10.9. The Kier molecular flexibility index (Phi) is 9.89. The number of carbonyl (C=O) groups excluding carboxylic acids is 1. The Labute approximate surface area is 162 Å². The minimum atomic E-state index is -0.679. The second-order valence-corrected chi connectivity index (χ2v) is 8.87. The molecule has 1 aliphatic carbocycles. The van der Waals surface area contributed by atoms with E-state index in [9.17, 15) is 4.79 Å².